The van der Waals surface area contributed by atoms with Crippen molar-refractivity contribution in [3.63, 3.8) is 0 Å². The van der Waals surface area contributed by atoms with Crippen LogP contribution in [0.4, 0.5) is 22.0 Å². The van der Waals surface area contributed by atoms with E-state index < -0.39 is 31.2 Å². The standard InChI is InChI=1S/C24H24F5N5O4/c25-7-9-37-10-11-38-21-13-17(22(35)31-15-24(27,28)29)4-5-20(21)34-14-19(32-33-34)23(36)30-8-6-16-2-1-3-18(26)12-16/h1-5,12-14H,6-11,15H2,(H,30,36)(H,31,35). The van der Waals surface area contributed by atoms with Crippen molar-refractivity contribution < 1.29 is 41.0 Å². The number of amides is 2. The van der Waals surface area contributed by atoms with Crippen molar-refractivity contribution in [1.82, 2.24) is 25.6 Å². The zero-order chi connectivity index (χ0) is 27.5. The van der Waals surface area contributed by atoms with Gasteiger partial charge in [0.25, 0.3) is 11.8 Å². The second-order valence-corrected chi connectivity index (χ2v) is 7.81. The van der Waals surface area contributed by atoms with Crippen molar-refractivity contribution in [3.8, 4) is 11.4 Å². The first-order chi connectivity index (χ1) is 18.2. The maximum Gasteiger partial charge on any atom is 0.405 e. The van der Waals surface area contributed by atoms with Gasteiger partial charge in [-0.1, -0.05) is 17.3 Å². The van der Waals surface area contributed by atoms with Crippen molar-refractivity contribution in [2.45, 2.75) is 12.6 Å². The van der Waals surface area contributed by atoms with Crippen LogP contribution in [0.1, 0.15) is 26.4 Å². The summed E-state index contributed by atoms with van der Waals surface area (Å²) in [6.07, 6.45) is -2.90. The van der Waals surface area contributed by atoms with E-state index >= 15 is 0 Å². The summed E-state index contributed by atoms with van der Waals surface area (Å²) in [5.74, 6) is -1.87. The van der Waals surface area contributed by atoms with E-state index in [2.05, 4.69) is 15.6 Å². The van der Waals surface area contributed by atoms with Crippen molar-refractivity contribution in [3.05, 3.63) is 71.3 Å². The molecule has 0 saturated heterocycles. The van der Waals surface area contributed by atoms with E-state index in [-0.39, 0.29) is 54.9 Å². The molecule has 3 aromatic rings. The summed E-state index contributed by atoms with van der Waals surface area (Å²) in [4.78, 5) is 24.7. The van der Waals surface area contributed by atoms with E-state index in [0.29, 0.717) is 12.0 Å². The molecule has 0 atom stereocenters. The molecule has 1 aromatic heterocycles. The Morgan fingerprint density at radius 3 is 2.55 bits per heavy atom. The molecule has 0 aliphatic heterocycles. The van der Waals surface area contributed by atoms with Crippen LogP contribution >= 0.6 is 0 Å². The summed E-state index contributed by atoms with van der Waals surface area (Å²) >= 11 is 0. The van der Waals surface area contributed by atoms with Gasteiger partial charge in [0, 0.05) is 12.1 Å². The van der Waals surface area contributed by atoms with E-state index in [1.165, 1.54) is 41.2 Å². The number of aromatic nitrogens is 3. The highest BCUT2D eigenvalue weighted by molar-refractivity contribution is 5.95. The van der Waals surface area contributed by atoms with Gasteiger partial charge in [0.05, 0.1) is 19.4 Å². The molecule has 204 valence electrons. The molecule has 0 bridgehead atoms. The fourth-order valence-electron chi connectivity index (χ4n) is 3.20. The second kappa shape index (κ2) is 13.5. The first-order valence-corrected chi connectivity index (χ1v) is 11.4. The maximum atomic E-state index is 13.3. The average Bonchev–Trinajstić information content (AvgIpc) is 3.37. The van der Waals surface area contributed by atoms with Crippen LogP contribution in [0.15, 0.2) is 48.7 Å². The molecule has 0 fully saturated rings. The monoisotopic (exact) mass is 541 g/mol. The van der Waals surface area contributed by atoms with Gasteiger partial charge in [-0.3, -0.25) is 9.59 Å². The van der Waals surface area contributed by atoms with Gasteiger partial charge in [0.1, 0.15) is 37.1 Å². The zero-order valence-electron chi connectivity index (χ0n) is 19.9. The Hall–Kier alpha value is -4.07. The van der Waals surface area contributed by atoms with Gasteiger partial charge < -0.3 is 20.1 Å². The van der Waals surface area contributed by atoms with Gasteiger partial charge in [0.15, 0.2) is 5.69 Å². The number of ether oxygens (including phenoxy) is 2. The van der Waals surface area contributed by atoms with Gasteiger partial charge in [-0.25, -0.2) is 13.5 Å². The number of hydrogen-bond acceptors (Lipinski definition) is 6. The van der Waals surface area contributed by atoms with Gasteiger partial charge in [-0.15, -0.1) is 5.10 Å². The topological polar surface area (TPSA) is 107 Å². The second-order valence-electron chi connectivity index (χ2n) is 7.81. The Morgan fingerprint density at radius 2 is 1.82 bits per heavy atom. The van der Waals surface area contributed by atoms with Crippen molar-refractivity contribution in [2.75, 3.05) is 39.6 Å². The molecule has 0 spiro atoms. The minimum absolute atomic E-state index is 0.00415. The lowest BCUT2D eigenvalue weighted by Gasteiger charge is -2.14. The number of nitrogens with zero attached hydrogens (tertiary/aromatic N) is 3. The molecule has 0 aliphatic carbocycles. The molecule has 9 nitrogen and oxygen atoms in total. The van der Waals surface area contributed by atoms with E-state index in [0.717, 1.165) is 0 Å². The Kier molecular flexibility index (Phi) is 10.1. The zero-order valence-corrected chi connectivity index (χ0v) is 19.9. The maximum absolute atomic E-state index is 13.3. The van der Waals surface area contributed by atoms with E-state index in [1.54, 1.807) is 17.4 Å². The summed E-state index contributed by atoms with van der Waals surface area (Å²) in [6, 6.07) is 9.79. The lowest BCUT2D eigenvalue weighted by atomic mass is 10.1. The average molecular weight is 541 g/mol. The summed E-state index contributed by atoms with van der Waals surface area (Å²) in [5.41, 5.74) is 0.765. The summed E-state index contributed by atoms with van der Waals surface area (Å²) < 4.78 is 74.7. The van der Waals surface area contributed by atoms with Gasteiger partial charge >= 0.3 is 6.18 Å². The molecule has 0 saturated carbocycles. The molecule has 14 heteroatoms. The number of halogens is 5. The number of nitrogens with one attached hydrogen (secondary N) is 2. The molecule has 2 N–H and O–H groups in total. The molecular weight excluding hydrogens is 517 g/mol. The quantitative estimate of drug-likeness (QED) is 0.255. The third-order valence-electron chi connectivity index (χ3n) is 4.94. The van der Waals surface area contributed by atoms with Gasteiger partial charge in [-0.05, 0) is 42.3 Å². The number of alkyl halides is 4. The summed E-state index contributed by atoms with van der Waals surface area (Å²) in [5, 5.41) is 12.1. The van der Waals surface area contributed by atoms with Crippen LogP contribution in [-0.2, 0) is 11.2 Å². The van der Waals surface area contributed by atoms with E-state index in [1.807, 2.05) is 0 Å². The Morgan fingerprint density at radius 1 is 1.00 bits per heavy atom. The van der Waals surface area contributed by atoms with Gasteiger partial charge in [-0.2, -0.15) is 13.2 Å². The fraction of sp³-hybridized carbons (Fsp3) is 0.333. The van der Waals surface area contributed by atoms with Crippen LogP contribution in [0.5, 0.6) is 5.75 Å². The lowest BCUT2D eigenvalue weighted by molar-refractivity contribution is -0.123. The number of rotatable bonds is 13. The Labute approximate surface area is 213 Å². The first-order valence-electron chi connectivity index (χ1n) is 11.4. The third kappa shape index (κ3) is 8.80. The SMILES string of the molecule is O=C(NCC(F)(F)F)c1ccc(-n2cc(C(=O)NCCc3cccc(F)c3)nn2)c(OCCOCCF)c1. The normalized spacial score (nSPS) is 11.3. The highest BCUT2D eigenvalue weighted by atomic mass is 19.4. The molecule has 3 rings (SSSR count). The highest BCUT2D eigenvalue weighted by Crippen LogP contribution is 2.25. The Bertz CT molecular complexity index is 1230. The van der Waals surface area contributed by atoms with Crippen LogP contribution in [0.3, 0.4) is 0 Å². The van der Waals surface area contributed by atoms with Crippen LogP contribution < -0.4 is 15.4 Å². The summed E-state index contributed by atoms with van der Waals surface area (Å²) in [6.45, 7) is -2.19. The lowest BCUT2D eigenvalue weighted by Crippen LogP contribution is -2.33. The first kappa shape index (κ1) is 28.5. The van der Waals surface area contributed by atoms with Crippen LogP contribution in [0, 0.1) is 5.82 Å². The largest absolute Gasteiger partial charge is 0.489 e. The number of carbonyl (C=O) groups excluding carboxylic acids is 2. The molecule has 0 aliphatic rings. The van der Waals surface area contributed by atoms with Crippen LogP contribution in [-0.4, -0.2) is 72.6 Å². The minimum atomic E-state index is -4.59. The van der Waals surface area contributed by atoms with Crippen molar-refractivity contribution in [2.24, 2.45) is 0 Å². The van der Waals surface area contributed by atoms with E-state index in [4.69, 9.17) is 9.47 Å². The number of carbonyl (C=O) groups is 2. The summed E-state index contributed by atoms with van der Waals surface area (Å²) in [7, 11) is 0. The number of hydrogen-bond donors (Lipinski definition) is 2. The molecular formula is C24H24F5N5O4. The minimum Gasteiger partial charge on any atom is -0.489 e. The van der Waals surface area contributed by atoms with Gasteiger partial charge in [0.2, 0.25) is 0 Å². The Balaban J connectivity index is 1.71. The smallest absolute Gasteiger partial charge is 0.405 e. The molecule has 0 radical (unpaired) electrons. The fourth-order valence-corrected chi connectivity index (χ4v) is 3.20. The molecule has 2 amide bonds. The van der Waals surface area contributed by atoms with Crippen molar-refractivity contribution >= 4 is 11.8 Å². The highest BCUT2D eigenvalue weighted by Gasteiger charge is 2.28. The molecule has 38 heavy (non-hydrogen) atoms. The van der Waals surface area contributed by atoms with Crippen LogP contribution in [0.25, 0.3) is 5.69 Å². The predicted molar refractivity (Wildman–Crippen MR) is 124 cm³/mol. The van der Waals surface area contributed by atoms with Crippen molar-refractivity contribution in [1.29, 1.82) is 0 Å². The third-order valence-corrected chi connectivity index (χ3v) is 4.94. The predicted octanol–water partition coefficient (Wildman–Crippen LogP) is 3.04. The molecule has 2 aromatic carbocycles. The number of benzene rings is 2. The van der Waals surface area contributed by atoms with Crippen LogP contribution in [0.2, 0.25) is 0 Å². The molecule has 1 heterocycles. The molecule has 0 unspecified atom stereocenters. The van der Waals surface area contributed by atoms with E-state index in [9.17, 15) is 31.5 Å².